The fourth-order valence-electron chi connectivity index (χ4n) is 2.76. The van der Waals surface area contributed by atoms with E-state index in [2.05, 4.69) is 15.0 Å². The summed E-state index contributed by atoms with van der Waals surface area (Å²) in [6, 6.07) is 4.24. The molecule has 1 atom stereocenters. The summed E-state index contributed by atoms with van der Waals surface area (Å²) in [6.45, 7) is 0.690. The molecule has 1 aromatic heterocycles. The summed E-state index contributed by atoms with van der Waals surface area (Å²) in [5.41, 5.74) is 6.39. The lowest BCUT2D eigenvalue weighted by molar-refractivity contribution is 0.214. The maximum Gasteiger partial charge on any atom is 0.229 e. The molecule has 0 amide bonds. The Balaban J connectivity index is 1.97. The van der Waals surface area contributed by atoms with Gasteiger partial charge in [0.2, 0.25) is 11.9 Å². The molecule has 0 aliphatic carbocycles. The van der Waals surface area contributed by atoms with Gasteiger partial charge in [0.05, 0.1) is 18.3 Å². The van der Waals surface area contributed by atoms with Gasteiger partial charge in [0, 0.05) is 26.8 Å². The van der Waals surface area contributed by atoms with Crippen molar-refractivity contribution in [2.75, 3.05) is 42.8 Å². The zero-order valence-corrected chi connectivity index (χ0v) is 14.2. The molecule has 3 N–H and O–H groups in total. The highest BCUT2D eigenvalue weighted by atomic mass is 19.1. The number of aliphatic hydroxyl groups is 1. The summed E-state index contributed by atoms with van der Waals surface area (Å²) >= 11 is 0. The zero-order valence-electron chi connectivity index (χ0n) is 14.2. The normalized spacial score (nSPS) is 16.3. The van der Waals surface area contributed by atoms with E-state index in [-0.39, 0.29) is 24.4 Å². The Morgan fingerprint density at radius 1 is 1.36 bits per heavy atom. The first-order chi connectivity index (χ1) is 12.0. The van der Waals surface area contributed by atoms with Crippen LogP contribution in [0.3, 0.4) is 0 Å². The van der Waals surface area contributed by atoms with Gasteiger partial charge in [-0.05, 0) is 18.6 Å². The molecule has 1 unspecified atom stereocenters. The fourth-order valence-corrected chi connectivity index (χ4v) is 2.76. The molecule has 0 radical (unpaired) electrons. The zero-order chi connectivity index (χ0) is 18.0. The topological polar surface area (TPSA) is 101 Å². The van der Waals surface area contributed by atoms with Crippen molar-refractivity contribution in [1.29, 1.82) is 0 Å². The number of nitrogens with two attached hydrogens (primary N) is 1. The third-order valence-electron chi connectivity index (χ3n) is 3.96. The molecule has 0 saturated heterocycles. The summed E-state index contributed by atoms with van der Waals surface area (Å²) in [6.07, 6.45) is 0.483. The molecule has 2 aromatic rings. The fraction of sp³-hybridized carbons (Fsp3) is 0.438. The number of fused-ring (bicyclic) bond motifs is 1. The van der Waals surface area contributed by atoms with Crippen molar-refractivity contribution in [2.24, 2.45) is 0 Å². The highest BCUT2D eigenvalue weighted by molar-refractivity contribution is 5.61. The Morgan fingerprint density at radius 2 is 2.16 bits per heavy atom. The van der Waals surface area contributed by atoms with Gasteiger partial charge in [0.15, 0.2) is 5.82 Å². The second kappa shape index (κ2) is 7.06. The van der Waals surface area contributed by atoms with Crippen molar-refractivity contribution in [3.8, 4) is 5.75 Å². The van der Waals surface area contributed by atoms with Crippen molar-refractivity contribution in [1.82, 2.24) is 15.0 Å². The lowest BCUT2D eigenvalue weighted by Crippen LogP contribution is -2.43. The lowest BCUT2D eigenvalue weighted by Gasteiger charge is -2.38. The number of halogens is 1. The van der Waals surface area contributed by atoms with E-state index in [0.29, 0.717) is 42.8 Å². The summed E-state index contributed by atoms with van der Waals surface area (Å²) < 4.78 is 19.4. The van der Waals surface area contributed by atoms with Crippen molar-refractivity contribution >= 4 is 17.6 Å². The van der Waals surface area contributed by atoms with Crippen LogP contribution >= 0.6 is 0 Å². The molecular formula is C16H21FN6O2. The predicted molar refractivity (Wildman–Crippen MR) is 92.1 cm³/mol. The van der Waals surface area contributed by atoms with Crippen molar-refractivity contribution in [3.63, 3.8) is 0 Å². The number of nitrogens with zero attached hydrogens (tertiary/aromatic N) is 5. The van der Waals surface area contributed by atoms with E-state index in [1.54, 1.807) is 11.0 Å². The first-order valence-electron chi connectivity index (χ1n) is 7.95. The van der Waals surface area contributed by atoms with Crippen LogP contribution in [0.15, 0.2) is 18.2 Å². The summed E-state index contributed by atoms with van der Waals surface area (Å²) in [7, 11) is 3.62. The van der Waals surface area contributed by atoms with Gasteiger partial charge in [-0.2, -0.15) is 15.0 Å². The Morgan fingerprint density at radius 3 is 2.88 bits per heavy atom. The van der Waals surface area contributed by atoms with E-state index in [9.17, 15) is 9.50 Å². The maximum absolute atomic E-state index is 13.8. The van der Waals surface area contributed by atoms with Crippen LogP contribution in [-0.2, 0) is 6.54 Å². The van der Waals surface area contributed by atoms with Crippen LogP contribution in [0.5, 0.6) is 5.75 Å². The summed E-state index contributed by atoms with van der Waals surface area (Å²) in [5, 5.41) is 9.34. The molecule has 3 rings (SSSR count). The van der Waals surface area contributed by atoms with Crippen LogP contribution in [0.1, 0.15) is 12.2 Å². The largest absolute Gasteiger partial charge is 0.489 e. The van der Waals surface area contributed by atoms with Gasteiger partial charge in [0.25, 0.3) is 0 Å². The van der Waals surface area contributed by atoms with Gasteiger partial charge in [-0.15, -0.1) is 0 Å². The Bertz CT molecular complexity index is 757. The molecule has 9 heteroatoms. The standard InChI is InChI=1S/C16H21FN6O2/c1-22(2)16-20-14(19-15(18)21-16)8-23-11(5-6-24)9-25-13-4-3-10(17)7-12(13)23/h3-4,7,11,24H,5-6,8-9H2,1-2H3,(H2,18,19,20,21). The van der Waals surface area contributed by atoms with Crippen molar-refractivity contribution < 1.29 is 14.2 Å². The number of rotatable bonds is 5. The van der Waals surface area contributed by atoms with Crippen molar-refractivity contribution in [3.05, 3.63) is 29.8 Å². The van der Waals surface area contributed by atoms with Crippen LogP contribution in [-0.4, -0.2) is 53.4 Å². The van der Waals surface area contributed by atoms with Gasteiger partial charge in [-0.25, -0.2) is 4.39 Å². The van der Waals surface area contributed by atoms with Crippen molar-refractivity contribution in [2.45, 2.75) is 19.0 Å². The molecule has 0 bridgehead atoms. The highest BCUT2D eigenvalue weighted by Gasteiger charge is 2.28. The van der Waals surface area contributed by atoms with Gasteiger partial charge >= 0.3 is 0 Å². The average molecular weight is 348 g/mol. The van der Waals surface area contributed by atoms with E-state index >= 15 is 0 Å². The molecule has 1 aromatic carbocycles. The second-order valence-corrected chi connectivity index (χ2v) is 6.02. The number of anilines is 3. The number of nitrogen functional groups attached to an aromatic ring is 1. The molecule has 8 nitrogen and oxygen atoms in total. The predicted octanol–water partition coefficient (Wildman–Crippen LogP) is 0.809. The molecule has 0 fully saturated rings. The molecule has 2 heterocycles. The maximum atomic E-state index is 13.8. The van der Waals surface area contributed by atoms with Gasteiger partial charge < -0.3 is 25.4 Å². The smallest absolute Gasteiger partial charge is 0.229 e. The lowest BCUT2D eigenvalue weighted by atomic mass is 10.1. The van der Waals surface area contributed by atoms with E-state index in [1.165, 1.54) is 12.1 Å². The number of ether oxygens (including phenoxy) is 1. The third kappa shape index (κ3) is 3.71. The molecule has 1 aliphatic rings. The summed E-state index contributed by atoms with van der Waals surface area (Å²) in [4.78, 5) is 16.3. The Labute approximate surface area is 145 Å². The van der Waals surface area contributed by atoms with Crippen LogP contribution in [0.2, 0.25) is 0 Å². The number of benzene rings is 1. The number of hydrogen-bond acceptors (Lipinski definition) is 8. The van der Waals surface area contributed by atoms with Gasteiger partial charge in [-0.3, -0.25) is 0 Å². The minimum atomic E-state index is -0.360. The van der Waals surface area contributed by atoms with Crippen LogP contribution < -0.4 is 20.3 Å². The Hall–Kier alpha value is -2.68. The number of aromatic nitrogens is 3. The van der Waals surface area contributed by atoms with Gasteiger partial charge in [-0.1, -0.05) is 0 Å². The molecule has 1 aliphatic heterocycles. The first-order valence-corrected chi connectivity index (χ1v) is 7.95. The third-order valence-corrected chi connectivity index (χ3v) is 3.96. The summed E-state index contributed by atoms with van der Waals surface area (Å²) in [5.74, 6) is 1.27. The minimum Gasteiger partial charge on any atom is -0.489 e. The monoisotopic (exact) mass is 348 g/mol. The van der Waals surface area contributed by atoms with Crippen LogP contribution in [0, 0.1) is 5.82 Å². The van der Waals surface area contributed by atoms with E-state index in [0.717, 1.165) is 0 Å². The van der Waals surface area contributed by atoms with Gasteiger partial charge in [0.1, 0.15) is 18.2 Å². The molecule has 134 valence electrons. The number of aliphatic hydroxyl groups excluding tert-OH is 1. The minimum absolute atomic E-state index is 0.00252. The Kier molecular flexibility index (Phi) is 4.84. The first kappa shape index (κ1) is 17.2. The van der Waals surface area contributed by atoms with Crippen LogP contribution in [0.4, 0.5) is 22.0 Å². The van der Waals surface area contributed by atoms with E-state index in [4.69, 9.17) is 10.5 Å². The quantitative estimate of drug-likeness (QED) is 0.819. The SMILES string of the molecule is CN(C)c1nc(N)nc(CN2c3cc(F)ccc3OCC2CCO)n1. The molecular weight excluding hydrogens is 327 g/mol. The van der Waals surface area contributed by atoms with E-state index in [1.807, 2.05) is 19.0 Å². The highest BCUT2D eigenvalue weighted by Crippen LogP contribution is 2.36. The van der Waals surface area contributed by atoms with E-state index < -0.39 is 0 Å². The second-order valence-electron chi connectivity index (χ2n) is 6.02. The molecule has 0 spiro atoms. The van der Waals surface area contributed by atoms with Crippen LogP contribution in [0.25, 0.3) is 0 Å². The molecule has 0 saturated carbocycles. The average Bonchev–Trinajstić information content (AvgIpc) is 2.56. The molecule has 25 heavy (non-hydrogen) atoms. The number of hydrogen-bond donors (Lipinski definition) is 2.